The molecule has 0 atom stereocenters. The monoisotopic (exact) mass is 294 g/mol. The van der Waals surface area contributed by atoms with Gasteiger partial charge < -0.3 is 9.84 Å². The van der Waals surface area contributed by atoms with Gasteiger partial charge in [-0.1, -0.05) is 29.4 Å². The number of hydrogen-bond acceptors (Lipinski definition) is 5. The molecule has 0 fully saturated rings. The van der Waals surface area contributed by atoms with Crippen molar-refractivity contribution in [1.29, 1.82) is 0 Å². The summed E-state index contributed by atoms with van der Waals surface area (Å²) in [6.45, 7) is 2.15. The number of nitrogens with zero attached hydrogens (tertiary/aromatic N) is 3. The lowest BCUT2D eigenvalue weighted by molar-refractivity contribution is 0.0946. The summed E-state index contributed by atoms with van der Waals surface area (Å²) >= 11 is 0. The van der Waals surface area contributed by atoms with E-state index < -0.39 is 0 Å². The van der Waals surface area contributed by atoms with Crippen LogP contribution in [0, 0.1) is 6.92 Å². The Morgan fingerprint density at radius 1 is 1.23 bits per heavy atom. The third-order valence-electron chi connectivity index (χ3n) is 3.18. The lowest BCUT2D eigenvalue weighted by atomic mass is 10.1. The molecule has 0 aliphatic carbocycles. The maximum Gasteiger partial charge on any atom is 0.253 e. The standard InChI is InChI=1S/C16H14N4O2/c1-11-5-2-3-7-13(11)15-19-14(22-20-15)10-18-16(21)12-6-4-8-17-9-12/h2-9H,10H2,1H3,(H,18,21). The minimum Gasteiger partial charge on any atom is -0.343 e. The normalized spacial score (nSPS) is 10.4. The summed E-state index contributed by atoms with van der Waals surface area (Å²) in [6, 6.07) is 11.2. The van der Waals surface area contributed by atoms with Crippen LogP contribution in [-0.4, -0.2) is 21.0 Å². The molecule has 1 N–H and O–H groups in total. The molecule has 1 aromatic carbocycles. The van der Waals surface area contributed by atoms with Crippen molar-refractivity contribution >= 4 is 5.91 Å². The predicted molar refractivity (Wildman–Crippen MR) is 79.9 cm³/mol. The Labute approximate surface area is 127 Å². The second-order valence-corrected chi connectivity index (χ2v) is 4.75. The van der Waals surface area contributed by atoms with Crippen LogP contribution >= 0.6 is 0 Å². The number of nitrogens with one attached hydrogen (secondary N) is 1. The van der Waals surface area contributed by atoms with Crippen LogP contribution in [0.5, 0.6) is 0 Å². The van der Waals surface area contributed by atoms with Gasteiger partial charge in [-0.2, -0.15) is 4.98 Å². The first-order valence-corrected chi connectivity index (χ1v) is 6.81. The summed E-state index contributed by atoms with van der Waals surface area (Å²) in [5.74, 6) is 0.642. The first-order chi connectivity index (χ1) is 10.7. The van der Waals surface area contributed by atoms with Crippen LogP contribution in [0.2, 0.25) is 0 Å². The highest BCUT2D eigenvalue weighted by Crippen LogP contribution is 2.19. The number of carbonyl (C=O) groups is 1. The molecule has 1 amide bonds. The SMILES string of the molecule is Cc1ccccc1-c1noc(CNC(=O)c2cccnc2)n1. The number of rotatable bonds is 4. The van der Waals surface area contributed by atoms with Crippen LogP contribution in [0.1, 0.15) is 21.8 Å². The fraction of sp³-hybridized carbons (Fsp3) is 0.125. The quantitative estimate of drug-likeness (QED) is 0.799. The topological polar surface area (TPSA) is 80.9 Å². The van der Waals surface area contributed by atoms with E-state index in [-0.39, 0.29) is 12.5 Å². The number of amides is 1. The summed E-state index contributed by atoms with van der Waals surface area (Å²) in [6.07, 6.45) is 3.12. The first kappa shape index (κ1) is 13.9. The molecule has 3 aromatic rings. The number of aryl methyl sites for hydroxylation is 1. The Kier molecular flexibility index (Phi) is 3.91. The molecule has 0 aliphatic heterocycles. The van der Waals surface area contributed by atoms with E-state index in [0.717, 1.165) is 11.1 Å². The molecule has 22 heavy (non-hydrogen) atoms. The second kappa shape index (κ2) is 6.17. The van der Waals surface area contributed by atoms with Crippen LogP contribution in [0.15, 0.2) is 53.3 Å². The zero-order chi connectivity index (χ0) is 15.4. The van der Waals surface area contributed by atoms with Crippen molar-refractivity contribution in [1.82, 2.24) is 20.4 Å². The number of hydrogen-bond donors (Lipinski definition) is 1. The molecule has 0 saturated carbocycles. The van der Waals surface area contributed by atoms with Crippen molar-refractivity contribution < 1.29 is 9.32 Å². The zero-order valence-electron chi connectivity index (χ0n) is 12.0. The summed E-state index contributed by atoms with van der Waals surface area (Å²) < 4.78 is 5.17. The van der Waals surface area contributed by atoms with Crippen LogP contribution in [0.25, 0.3) is 11.4 Å². The smallest absolute Gasteiger partial charge is 0.253 e. The summed E-state index contributed by atoms with van der Waals surface area (Å²) in [5.41, 5.74) is 2.46. The van der Waals surface area contributed by atoms with Gasteiger partial charge in [0.1, 0.15) is 0 Å². The zero-order valence-corrected chi connectivity index (χ0v) is 12.0. The van der Waals surface area contributed by atoms with Crippen LogP contribution in [0.3, 0.4) is 0 Å². The molecule has 0 unspecified atom stereocenters. The van der Waals surface area contributed by atoms with Gasteiger partial charge in [0.2, 0.25) is 11.7 Å². The molecule has 110 valence electrons. The largest absolute Gasteiger partial charge is 0.343 e. The molecule has 2 aromatic heterocycles. The van der Waals surface area contributed by atoms with Crippen molar-refractivity contribution in [3.8, 4) is 11.4 Å². The molecule has 6 nitrogen and oxygen atoms in total. The molecule has 3 rings (SSSR count). The van der Waals surface area contributed by atoms with E-state index in [1.54, 1.807) is 18.3 Å². The minimum atomic E-state index is -0.233. The predicted octanol–water partition coefficient (Wildman–Crippen LogP) is 2.37. The lowest BCUT2D eigenvalue weighted by Gasteiger charge is -2.01. The Morgan fingerprint density at radius 2 is 2.09 bits per heavy atom. The van der Waals surface area contributed by atoms with E-state index in [2.05, 4.69) is 20.4 Å². The van der Waals surface area contributed by atoms with E-state index in [1.165, 1.54) is 6.20 Å². The molecular weight excluding hydrogens is 280 g/mol. The lowest BCUT2D eigenvalue weighted by Crippen LogP contribution is -2.23. The molecule has 6 heteroatoms. The highest BCUT2D eigenvalue weighted by atomic mass is 16.5. The van der Waals surface area contributed by atoms with E-state index >= 15 is 0 Å². The fourth-order valence-corrected chi connectivity index (χ4v) is 2.01. The van der Waals surface area contributed by atoms with Gasteiger partial charge in [-0.15, -0.1) is 0 Å². The number of pyridine rings is 1. The van der Waals surface area contributed by atoms with Gasteiger partial charge in [0.25, 0.3) is 5.91 Å². The summed E-state index contributed by atoms with van der Waals surface area (Å²) in [4.78, 5) is 20.1. The Hall–Kier alpha value is -3.02. The van der Waals surface area contributed by atoms with Crippen molar-refractivity contribution in [3.05, 3.63) is 65.8 Å². The second-order valence-electron chi connectivity index (χ2n) is 4.75. The molecular formula is C16H14N4O2. The Bertz CT molecular complexity index is 784. The van der Waals surface area contributed by atoms with Crippen molar-refractivity contribution in [3.63, 3.8) is 0 Å². The van der Waals surface area contributed by atoms with E-state index in [4.69, 9.17) is 4.52 Å². The van der Waals surface area contributed by atoms with E-state index in [1.807, 2.05) is 31.2 Å². The maximum atomic E-state index is 11.9. The average molecular weight is 294 g/mol. The fourth-order valence-electron chi connectivity index (χ4n) is 2.01. The van der Waals surface area contributed by atoms with Gasteiger partial charge in [0.05, 0.1) is 12.1 Å². The minimum absolute atomic E-state index is 0.173. The van der Waals surface area contributed by atoms with Crippen molar-refractivity contribution in [2.24, 2.45) is 0 Å². The van der Waals surface area contributed by atoms with Gasteiger partial charge in [0.15, 0.2) is 0 Å². The number of carbonyl (C=O) groups excluding carboxylic acids is 1. The Morgan fingerprint density at radius 3 is 2.86 bits per heavy atom. The van der Waals surface area contributed by atoms with Gasteiger partial charge in [-0.05, 0) is 24.6 Å². The van der Waals surface area contributed by atoms with Gasteiger partial charge in [-0.25, -0.2) is 0 Å². The third-order valence-corrected chi connectivity index (χ3v) is 3.18. The number of benzene rings is 1. The molecule has 0 bridgehead atoms. The van der Waals surface area contributed by atoms with Crippen LogP contribution in [0.4, 0.5) is 0 Å². The van der Waals surface area contributed by atoms with E-state index in [9.17, 15) is 4.79 Å². The van der Waals surface area contributed by atoms with E-state index in [0.29, 0.717) is 17.3 Å². The van der Waals surface area contributed by atoms with Gasteiger partial charge in [-0.3, -0.25) is 9.78 Å². The van der Waals surface area contributed by atoms with Crippen LogP contribution < -0.4 is 5.32 Å². The highest BCUT2D eigenvalue weighted by Gasteiger charge is 2.12. The summed E-state index contributed by atoms with van der Waals surface area (Å²) in [5, 5.41) is 6.67. The van der Waals surface area contributed by atoms with Gasteiger partial charge in [0, 0.05) is 18.0 Å². The number of aromatic nitrogens is 3. The van der Waals surface area contributed by atoms with Crippen molar-refractivity contribution in [2.45, 2.75) is 13.5 Å². The average Bonchev–Trinajstić information content (AvgIpc) is 3.02. The van der Waals surface area contributed by atoms with Crippen molar-refractivity contribution in [2.75, 3.05) is 0 Å². The first-order valence-electron chi connectivity index (χ1n) is 6.81. The summed E-state index contributed by atoms with van der Waals surface area (Å²) in [7, 11) is 0. The maximum absolute atomic E-state index is 11.9. The molecule has 2 heterocycles. The van der Waals surface area contributed by atoms with Crippen LogP contribution in [-0.2, 0) is 6.54 Å². The Balaban J connectivity index is 1.68. The molecule has 0 aliphatic rings. The van der Waals surface area contributed by atoms with Gasteiger partial charge >= 0.3 is 0 Å². The molecule has 0 saturated heterocycles. The third kappa shape index (κ3) is 3.01. The molecule has 0 radical (unpaired) electrons. The highest BCUT2D eigenvalue weighted by molar-refractivity contribution is 5.93. The molecule has 0 spiro atoms.